The third-order valence-corrected chi connectivity index (χ3v) is 1.93. The van der Waals surface area contributed by atoms with Crippen LogP contribution in [0.3, 0.4) is 0 Å². The number of aliphatic hydroxyl groups excluding tert-OH is 1. The van der Waals surface area contributed by atoms with Crippen LogP contribution in [-0.4, -0.2) is 35.2 Å². The summed E-state index contributed by atoms with van der Waals surface area (Å²) >= 11 is 0. The Labute approximate surface area is 74.5 Å². The predicted molar refractivity (Wildman–Crippen MR) is 37.3 cm³/mol. The second kappa shape index (κ2) is 4.40. The van der Waals surface area contributed by atoms with Crippen LogP contribution in [-0.2, 0) is 18.6 Å². The molecule has 0 aromatic rings. The van der Waals surface area contributed by atoms with E-state index in [9.17, 15) is 0 Å². The standard InChI is InChI=1S/C7H15NO.V/c1-6(2)8-4-3-7(9)5-8;/h6-7,9H,3-5H2,1-2H3;. The summed E-state index contributed by atoms with van der Waals surface area (Å²) in [5.41, 5.74) is 0. The molecule has 1 N–H and O–H groups in total. The number of aliphatic hydroxyl groups is 1. The first-order valence-electron chi connectivity index (χ1n) is 3.62. The molecule has 0 aliphatic carbocycles. The third-order valence-electron chi connectivity index (χ3n) is 1.93. The fourth-order valence-electron chi connectivity index (χ4n) is 1.24. The second-order valence-corrected chi connectivity index (χ2v) is 3.03. The van der Waals surface area contributed by atoms with Gasteiger partial charge in [-0.1, -0.05) is 0 Å². The van der Waals surface area contributed by atoms with Crippen LogP contribution in [0.5, 0.6) is 0 Å². The van der Waals surface area contributed by atoms with Gasteiger partial charge >= 0.3 is 0 Å². The smallest absolute Gasteiger partial charge is 0.0679 e. The van der Waals surface area contributed by atoms with Crippen molar-refractivity contribution in [1.29, 1.82) is 0 Å². The first-order chi connectivity index (χ1) is 4.20. The van der Waals surface area contributed by atoms with Crippen LogP contribution in [0.1, 0.15) is 20.3 Å². The summed E-state index contributed by atoms with van der Waals surface area (Å²) in [4.78, 5) is 2.30. The van der Waals surface area contributed by atoms with Crippen molar-refractivity contribution < 1.29 is 23.7 Å². The topological polar surface area (TPSA) is 23.5 Å². The van der Waals surface area contributed by atoms with Crippen LogP contribution in [0.2, 0.25) is 0 Å². The van der Waals surface area contributed by atoms with Gasteiger partial charge in [-0.25, -0.2) is 0 Å². The SMILES string of the molecule is CC(C)N1CCC(O)C1.[V]. The molecular weight excluding hydrogens is 165 g/mol. The zero-order chi connectivity index (χ0) is 6.85. The molecule has 59 valence electrons. The molecule has 1 fully saturated rings. The molecule has 1 unspecified atom stereocenters. The molecule has 0 amide bonds. The molecule has 2 nitrogen and oxygen atoms in total. The van der Waals surface area contributed by atoms with Crippen LogP contribution in [0.25, 0.3) is 0 Å². The molecule has 10 heavy (non-hydrogen) atoms. The molecule has 1 rings (SSSR count). The summed E-state index contributed by atoms with van der Waals surface area (Å²) < 4.78 is 0. The molecule has 1 saturated heterocycles. The van der Waals surface area contributed by atoms with E-state index in [0.29, 0.717) is 6.04 Å². The largest absolute Gasteiger partial charge is 0.392 e. The monoisotopic (exact) mass is 180 g/mol. The molecule has 0 spiro atoms. The van der Waals surface area contributed by atoms with Crippen molar-refractivity contribution in [2.75, 3.05) is 13.1 Å². The van der Waals surface area contributed by atoms with E-state index in [1.54, 1.807) is 0 Å². The summed E-state index contributed by atoms with van der Waals surface area (Å²) in [5.74, 6) is 0. The van der Waals surface area contributed by atoms with Gasteiger partial charge in [0.15, 0.2) is 0 Å². The van der Waals surface area contributed by atoms with Gasteiger partial charge in [0.2, 0.25) is 0 Å². The summed E-state index contributed by atoms with van der Waals surface area (Å²) in [6.07, 6.45) is 0.894. The van der Waals surface area contributed by atoms with E-state index in [1.807, 2.05) is 0 Å². The molecule has 1 heterocycles. The van der Waals surface area contributed by atoms with Crippen LogP contribution >= 0.6 is 0 Å². The minimum absolute atomic E-state index is 0. The zero-order valence-corrected chi connectivity index (χ0v) is 8.01. The van der Waals surface area contributed by atoms with E-state index in [-0.39, 0.29) is 24.7 Å². The molecule has 1 radical (unpaired) electrons. The van der Waals surface area contributed by atoms with E-state index in [2.05, 4.69) is 18.7 Å². The molecule has 1 aliphatic heterocycles. The van der Waals surface area contributed by atoms with Gasteiger partial charge in [-0.2, -0.15) is 0 Å². The van der Waals surface area contributed by atoms with Gasteiger partial charge in [0.1, 0.15) is 0 Å². The fourth-order valence-corrected chi connectivity index (χ4v) is 1.24. The van der Waals surface area contributed by atoms with Gasteiger partial charge in [-0.15, -0.1) is 0 Å². The molecule has 0 bridgehead atoms. The fraction of sp³-hybridized carbons (Fsp3) is 1.00. The average Bonchev–Trinajstić information content (AvgIpc) is 2.14. The number of likely N-dealkylation sites (tertiary alicyclic amines) is 1. The molecule has 1 aliphatic rings. The average molecular weight is 180 g/mol. The molecule has 0 saturated carbocycles. The van der Waals surface area contributed by atoms with Crippen molar-refractivity contribution >= 4 is 0 Å². The maximum Gasteiger partial charge on any atom is 0.0679 e. The normalized spacial score (nSPS) is 27.0. The van der Waals surface area contributed by atoms with Gasteiger partial charge in [-0.3, -0.25) is 4.90 Å². The third kappa shape index (κ3) is 2.63. The predicted octanol–water partition coefficient (Wildman–Crippen LogP) is 0.459. The van der Waals surface area contributed by atoms with Crippen LogP contribution in [0.15, 0.2) is 0 Å². The molecule has 0 aromatic carbocycles. The Morgan fingerprint density at radius 1 is 1.50 bits per heavy atom. The quantitative estimate of drug-likeness (QED) is 0.633. The van der Waals surface area contributed by atoms with Crippen LogP contribution < -0.4 is 0 Å². The summed E-state index contributed by atoms with van der Waals surface area (Å²) in [6.45, 7) is 6.27. The van der Waals surface area contributed by atoms with E-state index in [1.165, 1.54) is 0 Å². The Hall–Kier alpha value is 0.504. The Morgan fingerprint density at radius 3 is 2.30 bits per heavy atom. The minimum atomic E-state index is -0.0626. The molecular formula is C7H15NOV. The number of hydrogen-bond donors (Lipinski definition) is 1. The Kier molecular flexibility index (Phi) is 4.62. The summed E-state index contributed by atoms with van der Waals surface area (Å²) in [7, 11) is 0. The molecule has 0 aromatic heterocycles. The maximum absolute atomic E-state index is 9.11. The first kappa shape index (κ1) is 10.5. The van der Waals surface area contributed by atoms with Crippen molar-refractivity contribution in [3.05, 3.63) is 0 Å². The first-order valence-corrected chi connectivity index (χ1v) is 3.62. The zero-order valence-electron chi connectivity index (χ0n) is 6.62. The van der Waals surface area contributed by atoms with E-state index < -0.39 is 0 Å². The Morgan fingerprint density at radius 2 is 2.10 bits per heavy atom. The second-order valence-electron chi connectivity index (χ2n) is 3.03. The minimum Gasteiger partial charge on any atom is -0.392 e. The van der Waals surface area contributed by atoms with Crippen LogP contribution in [0.4, 0.5) is 0 Å². The summed E-state index contributed by atoms with van der Waals surface area (Å²) in [5, 5.41) is 9.11. The van der Waals surface area contributed by atoms with Gasteiger partial charge in [-0.05, 0) is 20.3 Å². The Bertz CT molecular complexity index is 97.6. The van der Waals surface area contributed by atoms with Gasteiger partial charge in [0, 0.05) is 37.7 Å². The summed E-state index contributed by atoms with van der Waals surface area (Å²) in [6, 6.07) is 0.599. The maximum atomic E-state index is 9.11. The molecule has 3 heteroatoms. The van der Waals surface area contributed by atoms with E-state index in [0.717, 1.165) is 19.5 Å². The number of nitrogens with zero attached hydrogens (tertiary/aromatic N) is 1. The van der Waals surface area contributed by atoms with Crippen molar-refractivity contribution in [1.82, 2.24) is 4.90 Å². The Balaban J connectivity index is 0.000000810. The van der Waals surface area contributed by atoms with Crippen molar-refractivity contribution in [2.24, 2.45) is 0 Å². The van der Waals surface area contributed by atoms with E-state index >= 15 is 0 Å². The van der Waals surface area contributed by atoms with E-state index in [4.69, 9.17) is 5.11 Å². The number of hydrogen-bond acceptors (Lipinski definition) is 2. The van der Waals surface area contributed by atoms with Gasteiger partial charge < -0.3 is 5.11 Å². The van der Waals surface area contributed by atoms with Crippen molar-refractivity contribution in [3.63, 3.8) is 0 Å². The number of β-amino-alcohol motifs (C(OH)–C–C–N with tert-alkyl or cyclic N) is 1. The number of rotatable bonds is 1. The van der Waals surface area contributed by atoms with Gasteiger partial charge in [0.05, 0.1) is 6.10 Å². The molecule has 1 atom stereocenters. The van der Waals surface area contributed by atoms with Gasteiger partial charge in [0.25, 0.3) is 0 Å². The van der Waals surface area contributed by atoms with Crippen molar-refractivity contribution in [2.45, 2.75) is 32.4 Å². The van der Waals surface area contributed by atoms with Crippen molar-refractivity contribution in [3.8, 4) is 0 Å². The van der Waals surface area contributed by atoms with Crippen LogP contribution in [0, 0.1) is 0 Å².